The summed E-state index contributed by atoms with van der Waals surface area (Å²) in [6, 6.07) is 8.95. The van der Waals surface area contributed by atoms with Gasteiger partial charge in [-0.2, -0.15) is 4.98 Å². The molecule has 4 aromatic rings. The van der Waals surface area contributed by atoms with Gasteiger partial charge in [0.25, 0.3) is 0 Å². The van der Waals surface area contributed by atoms with E-state index < -0.39 is 5.63 Å². The number of benzene rings is 1. The van der Waals surface area contributed by atoms with Gasteiger partial charge >= 0.3 is 11.6 Å². The minimum atomic E-state index is -0.457. The highest BCUT2D eigenvalue weighted by atomic mass is 16.5. The predicted molar refractivity (Wildman–Crippen MR) is 119 cm³/mol. The SMILES string of the molecule is COc1ccc2c(C)c(CCC(=O)OCCCc3nc(-c4cccnc4)no3)c(=O)oc2c1. The third-order valence-corrected chi connectivity index (χ3v) is 5.26. The smallest absolute Gasteiger partial charge is 0.339 e. The van der Waals surface area contributed by atoms with Crippen molar-refractivity contribution >= 4 is 16.9 Å². The van der Waals surface area contributed by atoms with Crippen molar-refractivity contribution in [2.45, 2.75) is 32.6 Å². The van der Waals surface area contributed by atoms with Gasteiger partial charge in [-0.15, -0.1) is 0 Å². The van der Waals surface area contributed by atoms with Crippen LogP contribution in [-0.4, -0.2) is 34.8 Å². The number of aromatic nitrogens is 3. The molecule has 170 valence electrons. The third-order valence-electron chi connectivity index (χ3n) is 5.26. The highest BCUT2D eigenvalue weighted by Gasteiger charge is 2.14. The van der Waals surface area contributed by atoms with Gasteiger partial charge in [-0.3, -0.25) is 9.78 Å². The molecule has 0 saturated carbocycles. The van der Waals surface area contributed by atoms with E-state index in [2.05, 4.69) is 15.1 Å². The summed E-state index contributed by atoms with van der Waals surface area (Å²) in [5, 5.41) is 4.74. The summed E-state index contributed by atoms with van der Waals surface area (Å²) in [6.07, 6.45) is 4.68. The summed E-state index contributed by atoms with van der Waals surface area (Å²) in [4.78, 5) is 32.9. The lowest BCUT2D eigenvalue weighted by Gasteiger charge is -2.09. The van der Waals surface area contributed by atoms with Crippen LogP contribution < -0.4 is 10.4 Å². The molecule has 0 aliphatic rings. The van der Waals surface area contributed by atoms with Crippen LogP contribution in [-0.2, 0) is 22.4 Å². The van der Waals surface area contributed by atoms with Crippen LogP contribution >= 0.6 is 0 Å². The lowest BCUT2D eigenvalue weighted by atomic mass is 10.0. The Kier molecular flexibility index (Phi) is 6.77. The molecule has 0 atom stereocenters. The molecule has 0 fully saturated rings. The van der Waals surface area contributed by atoms with Crippen LogP contribution in [0.5, 0.6) is 5.75 Å². The molecular formula is C24H23N3O6. The quantitative estimate of drug-likeness (QED) is 0.214. The molecule has 9 heteroatoms. The van der Waals surface area contributed by atoms with E-state index in [4.69, 9.17) is 18.4 Å². The number of hydrogen-bond donors (Lipinski definition) is 0. The first kappa shape index (κ1) is 22.2. The Bertz CT molecular complexity index is 1310. The van der Waals surface area contributed by atoms with Gasteiger partial charge in [-0.1, -0.05) is 5.16 Å². The van der Waals surface area contributed by atoms with Crippen LogP contribution in [0.25, 0.3) is 22.4 Å². The Labute approximate surface area is 189 Å². The van der Waals surface area contributed by atoms with Crippen molar-refractivity contribution in [3.8, 4) is 17.1 Å². The lowest BCUT2D eigenvalue weighted by Crippen LogP contribution is -2.14. The summed E-state index contributed by atoms with van der Waals surface area (Å²) >= 11 is 0. The minimum absolute atomic E-state index is 0.0823. The second-order valence-electron chi connectivity index (χ2n) is 7.43. The molecule has 9 nitrogen and oxygen atoms in total. The van der Waals surface area contributed by atoms with E-state index in [0.717, 1.165) is 16.5 Å². The van der Waals surface area contributed by atoms with Gasteiger partial charge in [0.1, 0.15) is 11.3 Å². The van der Waals surface area contributed by atoms with Gasteiger partial charge in [0.05, 0.1) is 13.7 Å². The summed E-state index contributed by atoms with van der Waals surface area (Å²) in [5.74, 6) is 1.16. The third kappa shape index (κ3) is 5.25. The Hall–Kier alpha value is -4.01. The molecule has 3 heterocycles. The van der Waals surface area contributed by atoms with E-state index in [1.54, 1.807) is 37.7 Å². The number of nitrogens with zero attached hydrogens (tertiary/aromatic N) is 3. The van der Waals surface area contributed by atoms with E-state index >= 15 is 0 Å². The largest absolute Gasteiger partial charge is 0.497 e. The molecule has 3 aromatic heterocycles. The van der Waals surface area contributed by atoms with Crippen molar-refractivity contribution < 1.29 is 23.2 Å². The van der Waals surface area contributed by atoms with Crippen LogP contribution in [0.2, 0.25) is 0 Å². The Morgan fingerprint density at radius 1 is 1.18 bits per heavy atom. The van der Waals surface area contributed by atoms with Crippen LogP contribution in [0.15, 0.2) is 56.5 Å². The molecule has 0 N–H and O–H groups in total. The normalized spacial score (nSPS) is 11.0. The second-order valence-corrected chi connectivity index (χ2v) is 7.43. The number of rotatable bonds is 9. The molecule has 0 spiro atoms. The van der Waals surface area contributed by atoms with Crippen molar-refractivity contribution in [3.63, 3.8) is 0 Å². The van der Waals surface area contributed by atoms with E-state index in [9.17, 15) is 9.59 Å². The molecule has 0 saturated heterocycles. The van der Waals surface area contributed by atoms with Crippen LogP contribution in [0.3, 0.4) is 0 Å². The molecule has 0 radical (unpaired) electrons. The average Bonchev–Trinajstić information content (AvgIpc) is 3.31. The highest BCUT2D eigenvalue weighted by molar-refractivity contribution is 5.82. The number of fused-ring (bicyclic) bond motifs is 1. The van der Waals surface area contributed by atoms with E-state index in [-0.39, 0.29) is 25.4 Å². The molecule has 0 unspecified atom stereocenters. The predicted octanol–water partition coefficient (Wildman–Crippen LogP) is 3.66. The summed E-state index contributed by atoms with van der Waals surface area (Å²) in [5.41, 5.74) is 2.03. The summed E-state index contributed by atoms with van der Waals surface area (Å²) < 4.78 is 21.1. The number of methoxy groups -OCH3 is 1. The fourth-order valence-electron chi connectivity index (χ4n) is 3.47. The van der Waals surface area contributed by atoms with Crippen molar-refractivity contribution in [2.24, 2.45) is 0 Å². The van der Waals surface area contributed by atoms with Gasteiger partial charge in [-0.05, 0) is 49.6 Å². The van der Waals surface area contributed by atoms with E-state index in [0.29, 0.717) is 41.5 Å². The maximum absolute atomic E-state index is 12.4. The summed E-state index contributed by atoms with van der Waals surface area (Å²) in [7, 11) is 1.55. The first-order chi connectivity index (χ1) is 16.0. The molecular weight excluding hydrogens is 426 g/mol. The number of esters is 1. The van der Waals surface area contributed by atoms with Gasteiger partial charge in [-0.25, -0.2) is 4.79 Å². The Morgan fingerprint density at radius 2 is 2.06 bits per heavy atom. The van der Waals surface area contributed by atoms with Crippen molar-refractivity contribution in [1.29, 1.82) is 0 Å². The first-order valence-corrected chi connectivity index (χ1v) is 10.5. The topological polar surface area (TPSA) is 118 Å². The molecule has 0 bridgehead atoms. The number of pyridine rings is 1. The van der Waals surface area contributed by atoms with E-state index in [1.165, 1.54) is 0 Å². The molecule has 1 aromatic carbocycles. The molecule has 33 heavy (non-hydrogen) atoms. The number of hydrogen-bond acceptors (Lipinski definition) is 9. The molecule has 0 aliphatic carbocycles. The van der Waals surface area contributed by atoms with Crippen molar-refractivity contribution in [1.82, 2.24) is 15.1 Å². The zero-order valence-electron chi connectivity index (χ0n) is 18.4. The fraction of sp³-hybridized carbons (Fsp3) is 0.292. The average molecular weight is 449 g/mol. The van der Waals surface area contributed by atoms with Gasteiger partial charge in [0.15, 0.2) is 0 Å². The second kappa shape index (κ2) is 10.1. The minimum Gasteiger partial charge on any atom is -0.497 e. The van der Waals surface area contributed by atoms with Crippen molar-refractivity contribution in [2.75, 3.05) is 13.7 Å². The number of carbonyl (C=O) groups excluding carboxylic acids is 1. The number of ether oxygens (including phenoxy) is 2. The molecule has 0 amide bonds. The van der Waals surface area contributed by atoms with Crippen molar-refractivity contribution in [3.05, 3.63) is 70.2 Å². The standard InChI is InChI=1S/C24H23N3O6/c1-15-18-8-7-17(30-2)13-20(18)32-24(29)19(15)9-10-22(28)31-12-4-6-21-26-23(27-33-21)16-5-3-11-25-14-16/h3,5,7-8,11,13-14H,4,6,9-10,12H2,1-2H3. The Morgan fingerprint density at radius 3 is 2.85 bits per heavy atom. The van der Waals surface area contributed by atoms with Gasteiger partial charge in [0.2, 0.25) is 11.7 Å². The number of aryl methyl sites for hydroxylation is 2. The molecule has 4 rings (SSSR count). The van der Waals surface area contributed by atoms with Crippen LogP contribution in [0.4, 0.5) is 0 Å². The van der Waals surface area contributed by atoms with E-state index in [1.807, 2.05) is 19.1 Å². The zero-order chi connectivity index (χ0) is 23.2. The fourth-order valence-corrected chi connectivity index (χ4v) is 3.47. The first-order valence-electron chi connectivity index (χ1n) is 10.5. The van der Waals surface area contributed by atoms with Crippen LogP contribution in [0.1, 0.15) is 29.9 Å². The maximum atomic E-state index is 12.4. The highest BCUT2D eigenvalue weighted by Crippen LogP contribution is 2.24. The monoisotopic (exact) mass is 449 g/mol. The lowest BCUT2D eigenvalue weighted by molar-refractivity contribution is -0.143. The maximum Gasteiger partial charge on any atom is 0.339 e. The zero-order valence-corrected chi connectivity index (χ0v) is 18.4. The van der Waals surface area contributed by atoms with Crippen LogP contribution in [0, 0.1) is 6.92 Å². The molecule has 0 aliphatic heterocycles. The number of carbonyl (C=O) groups is 1. The summed E-state index contributed by atoms with van der Waals surface area (Å²) in [6.45, 7) is 2.06. The van der Waals surface area contributed by atoms with Gasteiger partial charge < -0.3 is 18.4 Å². The van der Waals surface area contributed by atoms with Gasteiger partial charge in [0, 0.05) is 47.8 Å². The Balaban J connectivity index is 1.27.